The van der Waals surface area contributed by atoms with Gasteiger partial charge in [0.05, 0.1) is 12.7 Å². The van der Waals surface area contributed by atoms with Gasteiger partial charge in [-0.15, -0.1) is 0 Å². The SMILES string of the molecule is C[C@H](CC#N)[C@H](NC(=O)COCc1ccccc1)C(=O)O. The molecule has 1 aromatic carbocycles. The van der Waals surface area contributed by atoms with E-state index in [1.807, 2.05) is 36.4 Å². The molecule has 2 atom stereocenters. The Morgan fingerprint density at radius 2 is 2.05 bits per heavy atom. The summed E-state index contributed by atoms with van der Waals surface area (Å²) in [7, 11) is 0. The Morgan fingerprint density at radius 3 is 2.62 bits per heavy atom. The third-order valence-corrected chi connectivity index (χ3v) is 2.91. The summed E-state index contributed by atoms with van der Waals surface area (Å²) < 4.78 is 5.23. The van der Waals surface area contributed by atoms with E-state index < -0.39 is 23.8 Å². The fourth-order valence-corrected chi connectivity index (χ4v) is 1.76. The maximum atomic E-state index is 11.7. The minimum Gasteiger partial charge on any atom is -0.480 e. The van der Waals surface area contributed by atoms with E-state index in [1.165, 1.54) is 0 Å². The molecule has 6 heteroatoms. The molecular formula is C15H18N2O4. The Labute approximate surface area is 123 Å². The molecule has 2 N–H and O–H groups in total. The van der Waals surface area contributed by atoms with Crippen molar-refractivity contribution in [2.45, 2.75) is 26.0 Å². The molecule has 0 spiro atoms. The summed E-state index contributed by atoms with van der Waals surface area (Å²) in [5.74, 6) is -2.14. The molecule has 0 bridgehead atoms. The number of nitrogens with zero attached hydrogens (tertiary/aromatic N) is 1. The summed E-state index contributed by atoms with van der Waals surface area (Å²) in [4.78, 5) is 22.8. The fourth-order valence-electron chi connectivity index (χ4n) is 1.76. The monoisotopic (exact) mass is 290 g/mol. The van der Waals surface area contributed by atoms with Crippen molar-refractivity contribution < 1.29 is 19.4 Å². The molecule has 0 radical (unpaired) electrons. The zero-order valence-electron chi connectivity index (χ0n) is 11.8. The number of benzene rings is 1. The zero-order chi connectivity index (χ0) is 15.7. The van der Waals surface area contributed by atoms with E-state index >= 15 is 0 Å². The molecular weight excluding hydrogens is 272 g/mol. The molecule has 1 amide bonds. The summed E-state index contributed by atoms with van der Waals surface area (Å²) in [6, 6.07) is 10.2. The highest BCUT2D eigenvalue weighted by atomic mass is 16.5. The van der Waals surface area contributed by atoms with Crippen LogP contribution in [0.25, 0.3) is 0 Å². The molecule has 0 saturated carbocycles. The third kappa shape index (κ3) is 6.06. The molecule has 0 heterocycles. The number of hydrogen-bond donors (Lipinski definition) is 2. The number of rotatable bonds is 8. The van der Waals surface area contributed by atoms with Crippen molar-refractivity contribution in [3.05, 3.63) is 35.9 Å². The van der Waals surface area contributed by atoms with Crippen LogP contribution in [0, 0.1) is 17.2 Å². The molecule has 0 aliphatic carbocycles. The number of nitrogens with one attached hydrogen (secondary N) is 1. The summed E-state index contributed by atoms with van der Waals surface area (Å²) in [6.45, 7) is 1.66. The molecule has 0 unspecified atom stereocenters. The van der Waals surface area contributed by atoms with Crippen LogP contribution in [0.3, 0.4) is 0 Å². The van der Waals surface area contributed by atoms with Gasteiger partial charge in [0.2, 0.25) is 5.91 Å². The van der Waals surface area contributed by atoms with Crippen molar-refractivity contribution in [1.82, 2.24) is 5.32 Å². The van der Waals surface area contributed by atoms with Gasteiger partial charge in [-0.05, 0) is 5.56 Å². The molecule has 0 saturated heterocycles. The summed E-state index contributed by atoms with van der Waals surface area (Å²) >= 11 is 0. The zero-order valence-corrected chi connectivity index (χ0v) is 11.8. The fraction of sp³-hybridized carbons (Fsp3) is 0.400. The number of amides is 1. The van der Waals surface area contributed by atoms with E-state index in [1.54, 1.807) is 6.92 Å². The lowest BCUT2D eigenvalue weighted by Gasteiger charge is -2.19. The Balaban J connectivity index is 2.40. The van der Waals surface area contributed by atoms with Crippen LogP contribution in [-0.2, 0) is 20.9 Å². The second-order valence-corrected chi connectivity index (χ2v) is 4.70. The molecule has 1 aromatic rings. The Hall–Kier alpha value is -2.39. The lowest BCUT2D eigenvalue weighted by molar-refractivity contribution is -0.144. The van der Waals surface area contributed by atoms with Crippen LogP contribution in [0.5, 0.6) is 0 Å². The molecule has 0 fully saturated rings. The molecule has 0 aliphatic heterocycles. The van der Waals surface area contributed by atoms with Crippen LogP contribution in [0.15, 0.2) is 30.3 Å². The first-order valence-corrected chi connectivity index (χ1v) is 6.55. The Morgan fingerprint density at radius 1 is 1.38 bits per heavy atom. The maximum Gasteiger partial charge on any atom is 0.326 e. The molecule has 0 aliphatic rings. The topological polar surface area (TPSA) is 99.4 Å². The number of carbonyl (C=O) groups excluding carboxylic acids is 1. The first-order valence-electron chi connectivity index (χ1n) is 6.55. The van der Waals surface area contributed by atoms with Gasteiger partial charge in [0, 0.05) is 12.3 Å². The molecule has 1 rings (SSSR count). The summed E-state index contributed by atoms with van der Waals surface area (Å²) in [5, 5.41) is 20.0. The predicted molar refractivity (Wildman–Crippen MR) is 75.1 cm³/mol. The van der Waals surface area contributed by atoms with Crippen LogP contribution in [0.4, 0.5) is 0 Å². The number of carboxylic acid groups (broad SMARTS) is 1. The van der Waals surface area contributed by atoms with Gasteiger partial charge in [0.15, 0.2) is 0 Å². The van der Waals surface area contributed by atoms with Crippen molar-refractivity contribution in [1.29, 1.82) is 5.26 Å². The van der Waals surface area contributed by atoms with Crippen molar-refractivity contribution in [3.8, 4) is 6.07 Å². The number of carboxylic acids is 1. The average Bonchev–Trinajstić information content (AvgIpc) is 2.45. The number of hydrogen-bond acceptors (Lipinski definition) is 4. The maximum absolute atomic E-state index is 11.7. The van der Waals surface area contributed by atoms with Gasteiger partial charge in [-0.25, -0.2) is 4.79 Å². The van der Waals surface area contributed by atoms with Crippen molar-refractivity contribution in [2.75, 3.05) is 6.61 Å². The lowest BCUT2D eigenvalue weighted by Crippen LogP contribution is -2.46. The Bertz CT molecular complexity index is 510. The van der Waals surface area contributed by atoms with Gasteiger partial charge in [-0.3, -0.25) is 4.79 Å². The van der Waals surface area contributed by atoms with E-state index in [-0.39, 0.29) is 19.6 Å². The first kappa shape index (κ1) is 16.7. The van der Waals surface area contributed by atoms with E-state index in [9.17, 15) is 9.59 Å². The number of ether oxygens (including phenoxy) is 1. The normalized spacial score (nSPS) is 13.0. The van der Waals surface area contributed by atoms with Gasteiger partial charge in [-0.2, -0.15) is 5.26 Å². The number of nitriles is 1. The van der Waals surface area contributed by atoms with Crippen LogP contribution in [0.2, 0.25) is 0 Å². The summed E-state index contributed by atoms with van der Waals surface area (Å²) in [5.41, 5.74) is 0.929. The van der Waals surface area contributed by atoms with E-state index in [4.69, 9.17) is 15.1 Å². The summed E-state index contributed by atoms with van der Waals surface area (Å²) in [6.07, 6.45) is 0.0577. The highest BCUT2D eigenvalue weighted by Gasteiger charge is 2.26. The standard InChI is InChI=1S/C15H18N2O4/c1-11(7-8-16)14(15(19)20)17-13(18)10-21-9-12-5-3-2-4-6-12/h2-6,11,14H,7,9-10H2,1H3,(H,17,18)(H,19,20)/t11-,14+/m1/s1. The van der Waals surface area contributed by atoms with E-state index in [0.29, 0.717) is 0 Å². The quantitative estimate of drug-likeness (QED) is 0.752. The second-order valence-electron chi connectivity index (χ2n) is 4.70. The van der Waals surface area contributed by atoms with E-state index in [0.717, 1.165) is 5.56 Å². The van der Waals surface area contributed by atoms with Gasteiger partial charge in [0.1, 0.15) is 12.6 Å². The van der Waals surface area contributed by atoms with Crippen LogP contribution < -0.4 is 5.32 Å². The van der Waals surface area contributed by atoms with Crippen molar-refractivity contribution in [3.63, 3.8) is 0 Å². The lowest BCUT2D eigenvalue weighted by atomic mass is 9.99. The minimum atomic E-state index is -1.16. The Kier molecular flexibility index (Phi) is 6.92. The first-order chi connectivity index (χ1) is 10.0. The van der Waals surface area contributed by atoms with Crippen LogP contribution in [-0.4, -0.2) is 29.6 Å². The average molecular weight is 290 g/mol. The third-order valence-electron chi connectivity index (χ3n) is 2.91. The number of aliphatic carboxylic acids is 1. The molecule has 21 heavy (non-hydrogen) atoms. The number of carbonyl (C=O) groups is 2. The van der Waals surface area contributed by atoms with Gasteiger partial charge in [0.25, 0.3) is 0 Å². The van der Waals surface area contributed by atoms with Crippen LogP contribution >= 0.6 is 0 Å². The van der Waals surface area contributed by atoms with Crippen molar-refractivity contribution >= 4 is 11.9 Å². The highest BCUT2D eigenvalue weighted by Crippen LogP contribution is 2.08. The van der Waals surface area contributed by atoms with Gasteiger partial charge < -0.3 is 15.2 Å². The highest BCUT2D eigenvalue weighted by molar-refractivity contribution is 5.84. The van der Waals surface area contributed by atoms with E-state index in [2.05, 4.69) is 5.32 Å². The molecule has 0 aromatic heterocycles. The van der Waals surface area contributed by atoms with Gasteiger partial charge >= 0.3 is 5.97 Å². The largest absolute Gasteiger partial charge is 0.480 e. The second kappa shape index (κ2) is 8.72. The smallest absolute Gasteiger partial charge is 0.326 e. The molecule has 112 valence electrons. The minimum absolute atomic E-state index is 0.0577. The van der Waals surface area contributed by atoms with Gasteiger partial charge in [-0.1, -0.05) is 37.3 Å². The molecule has 6 nitrogen and oxygen atoms in total. The van der Waals surface area contributed by atoms with Crippen molar-refractivity contribution in [2.24, 2.45) is 5.92 Å². The predicted octanol–water partition coefficient (Wildman–Crippen LogP) is 1.32. The van der Waals surface area contributed by atoms with Crippen LogP contribution in [0.1, 0.15) is 18.9 Å².